The molecule has 1 atom stereocenters. The molecule has 1 N–H and O–H groups in total. The fraction of sp³-hybridized carbons (Fsp3) is 0.350. The third-order valence-corrected chi connectivity index (χ3v) is 5.41. The Morgan fingerprint density at radius 2 is 1.83 bits per heavy atom. The van der Waals surface area contributed by atoms with Gasteiger partial charge in [0.2, 0.25) is 15.9 Å². The van der Waals surface area contributed by atoms with Gasteiger partial charge in [-0.2, -0.15) is 0 Å². The number of anilines is 1. The highest BCUT2D eigenvalue weighted by atomic mass is 32.2. The highest BCUT2D eigenvalue weighted by molar-refractivity contribution is 7.92. The molecule has 0 spiro atoms. The summed E-state index contributed by atoms with van der Waals surface area (Å²) < 4.78 is 31.0. The third-order valence-electron chi connectivity index (χ3n) is 4.29. The summed E-state index contributed by atoms with van der Waals surface area (Å²) in [5.41, 5.74) is 1.42. The summed E-state index contributed by atoms with van der Waals surface area (Å²) in [7, 11) is -3.85. The number of benzene rings is 2. The Bertz CT molecular complexity index is 1020. The van der Waals surface area contributed by atoms with E-state index in [1.807, 2.05) is 31.2 Å². The van der Waals surface area contributed by atoms with Gasteiger partial charge in [0.25, 0.3) is 5.69 Å². The van der Waals surface area contributed by atoms with Crippen LogP contribution in [0.2, 0.25) is 0 Å². The van der Waals surface area contributed by atoms with Crippen molar-refractivity contribution in [1.82, 2.24) is 5.32 Å². The van der Waals surface area contributed by atoms with Crippen molar-refractivity contribution in [2.24, 2.45) is 0 Å². The van der Waals surface area contributed by atoms with Gasteiger partial charge in [0.1, 0.15) is 18.9 Å². The molecular formula is C20H25N3O6S. The van der Waals surface area contributed by atoms with Gasteiger partial charge < -0.3 is 10.1 Å². The van der Waals surface area contributed by atoms with E-state index < -0.39 is 27.4 Å². The molecule has 2 rings (SSSR count). The number of non-ortho nitro benzene ring substituents is 1. The van der Waals surface area contributed by atoms with Gasteiger partial charge in [-0.15, -0.1) is 0 Å². The van der Waals surface area contributed by atoms with Crippen LogP contribution in [0.4, 0.5) is 11.4 Å². The van der Waals surface area contributed by atoms with Gasteiger partial charge in [0, 0.05) is 12.1 Å². The van der Waals surface area contributed by atoms with E-state index in [-0.39, 0.29) is 24.0 Å². The van der Waals surface area contributed by atoms with Crippen molar-refractivity contribution in [2.45, 2.75) is 26.8 Å². The van der Waals surface area contributed by atoms with Gasteiger partial charge >= 0.3 is 0 Å². The minimum absolute atomic E-state index is 0.0883. The molecule has 0 aliphatic rings. The molecule has 0 fully saturated rings. The monoisotopic (exact) mass is 435 g/mol. The lowest BCUT2D eigenvalue weighted by Gasteiger charge is -2.24. The van der Waals surface area contributed by atoms with Crippen LogP contribution in [0.1, 0.15) is 18.1 Å². The number of hydrogen-bond donors (Lipinski definition) is 1. The average Bonchev–Trinajstić information content (AvgIpc) is 2.65. The number of nitro benzene ring substituents is 1. The Balaban J connectivity index is 2.08. The summed E-state index contributed by atoms with van der Waals surface area (Å²) in [6, 6.07) is 10.9. The maximum atomic E-state index is 12.5. The number of rotatable bonds is 9. The van der Waals surface area contributed by atoms with Crippen molar-refractivity contribution in [3.05, 3.63) is 63.7 Å². The van der Waals surface area contributed by atoms with Gasteiger partial charge in [0.05, 0.1) is 22.9 Å². The second kappa shape index (κ2) is 9.57. The van der Waals surface area contributed by atoms with Crippen molar-refractivity contribution in [3.63, 3.8) is 0 Å². The Morgan fingerprint density at radius 3 is 2.40 bits per heavy atom. The number of nitrogens with zero attached hydrogens (tertiary/aromatic N) is 2. The number of ether oxygens (including phenoxy) is 1. The highest BCUT2D eigenvalue weighted by Gasteiger charge is 2.25. The van der Waals surface area contributed by atoms with E-state index in [1.54, 1.807) is 13.8 Å². The van der Waals surface area contributed by atoms with E-state index in [0.29, 0.717) is 11.3 Å². The zero-order valence-corrected chi connectivity index (χ0v) is 18.1. The number of carbonyl (C=O) groups is 1. The van der Waals surface area contributed by atoms with Gasteiger partial charge in [-0.3, -0.25) is 19.2 Å². The summed E-state index contributed by atoms with van der Waals surface area (Å²) in [6.07, 6.45) is 0.947. The molecule has 162 valence electrons. The second-order valence-electron chi connectivity index (χ2n) is 7.09. The SMILES string of the molecule is Cc1ccc(OCC(C)NC(=O)CN(c2cc([N+](=O)[O-])ccc2C)S(C)(=O)=O)cc1. The lowest BCUT2D eigenvalue weighted by molar-refractivity contribution is -0.384. The van der Waals surface area contributed by atoms with Crippen molar-refractivity contribution < 1.29 is 22.9 Å². The third kappa shape index (κ3) is 6.45. The minimum Gasteiger partial charge on any atom is -0.491 e. The summed E-state index contributed by atoms with van der Waals surface area (Å²) in [5.74, 6) is 0.109. The highest BCUT2D eigenvalue weighted by Crippen LogP contribution is 2.27. The first-order valence-corrected chi connectivity index (χ1v) is 11.0. The zero-order chi connectivity index (χ0) is 22.5. The predicted octanol–water partition coefficient (Wildman–Crippen LogP) is 2.56. The van der Waals surface area contributed by atoms with Crippen LogP contribution in [0, 0.1) is 24.0 Å². The Labute approximate surface area is 175 Å². The number of nitrogens with one attached hydrogen (secondary N) is 1. The van der Waals surface area contributed by atoms with Crippen molar-refractivity contribution in [1.29, 1.82) is 0 Å². The van der Waals surface area contributed by atoms with Crippen LogP contribution in [0.3, 0.4) is 0 Å². The number of hydrogen-bond acceptors (Lipinski definition) is 6. The van der Waals surface area contributed by atoms with Crippen molar-refractivity contribution in [2.75, 3.05) is 23.7 Å². The molecule has 0 aliphatic heterocycles. The zero-order valence-electron chi connectivity index (χ0n) is 17.3. The lowest BCUT2D eigenvalue weighted by Crippen LogP contribution is -2.45. The fourth-order valence-corrected chi connectivity index (χ4v) is 3.62. The molecule has 30 heavy (non-hydrogen) atoms. The number of sulfonamides is 1. The summed E-state index contributed by atoms with van der Waals surface area (Å²) in [4.78, 5) is 22.9. The van der Waals surface area contributed by atoms with Crippen LogP contribution in [0.25, 0.3) is 0 Å². The molecule has 0 aliphatic carbocycles. The molecular weight excluding hydrogens is 410 g/mol. The minimum atomic E-state index is -3.85. The Kier molecular flexibility index (Phi) is 7.38. The first-order valence-electron chi connectivity index (χ1n) is 9.19. The molecule has 1 unspecified atom stereocenters. The Hall–Kier alpha value is -3.14. The number of carbonyl (C=O) groups excluding carboxylic acids is 1. The van der Waals surface area contributed by atoms with Crippen LogP contribution in [0.5, 0.6) is 5.75 Å². The Morgan fingerprint density at radius 1 is 1.20 bits per heavy atom. The summed E-state index contributed by atoms with van der Waals surface area (Å²) in [6.45, 7) is 5.01. The average molecular weight is 436 g/mol. The standard InChI is InChI=1S/C20H25N3O6S/c1-14-5-9-18(10-6-14)29-13-16(3)21-20(24)12-22(30(4,27)28)19-11-17(23(25)26)8-7-15(19)2/h5-11,16H,12-13H2,1-4H3,(H,21,24). The van der Waals surface area contributed by atoms with E-state index >= 15 is 0 Å². The molecule has 0 radical (unpaired) electrons. The molecule has 0 saturated heterocycles. The molecule has 0 bridgehead atoms. The first kappa shape index (κ1) is 23.1. The van der Waals surface area contributed by atoms with Crippen LogP contribution in [0.15, 0.2) is 42.5 Å². The number of aryl methyl sites for hydroxylation is 2. The predicted molar refractivity (Wildman–Crippen MR) is 114 cm³/mol. The first-order chi connectivity index (χ1) is 14.0. The van der Waals surface area contributed by atoms with E-state index in [4.69, 9.17) is 4.74 Å². The maximum Gasteiger partial charge on any atom is 0.271 e. The van der Waals surface area contributed by atoms with E-state index in [1.165, 1.54) is 12.1 Å². The molecule has 0 heterocycles. The lowest BCUT2D eigenvalue weighted by atomic mass is 10.2. The van der Waals surface area contributed by atoms with Crippen LogP contribution >= 0.6 is 0 Å². The van der Waals surface area contributed by atoms with Gasteiger partial charge in [-0.05, 0) is 38.5 Å². The summed E-state index contributed by atoms with van der Waals surface area (Å²) in [5, 5.41) is 13.7. The van der Waals surface area contributed by atoms with Gasteiger partial charge in [-0.25, -0.2) is 8.42 Å². The van der Waals surface area contributed by atoms with Crippen molar-refractivity contribution in [3.8, 4) is 5.75 Å². The van der Waals surface area contributed by atoms with Crippen LogP contribution < -0.4 is 14.4 Å². The molecule has 1 amide bonds. The van der Waals surface area contributed by atoms with Crippen LogP contribution in [-0.2, 0) is 14.8 Å². The molecule has 9 nitrogen and oxygen atoms in total. The quantitative estimate of drug-likeness (QED) is 0.478. The molecule has 0 saturated carbocycles. The maximum absolute atomic E-state index is 12.5. The smallest absolute Gasteiger partial charge is 0.271 e. The molecule has 10 heteroatoms. The van der Waals surface area contributed by atoms with Crippen LogP contribution in [-0.4, -0.2) is 44.7 Å². The van der Waals surface area contributed by atoms with Crippen molar-refractivity contribution >= 4 is 27.3 Å². The fourth-order valence-electron chi connectivity index (χ4n) is 2.71. The second-order valence-corrected chi connectivity index (χ2v) is 9.00. The molecule has 2 aromatic carbocycles. The van der Waals surface area contributed by atoms with E-state index in [0.717, 1.165) is 22.2 Å². The summed E-state index contributed by atoms with van der Waals surface area (Å²) >= 11 is 0. The largest absolute Gasteiger partial charge is 0.491 e. The number of nitro groups is 1. The molecule has 0 aromatic heterocycles. The van der Waals surface area contributed by atoms with Gasteiger partial charge in [0.15, 0.2) is 0 Å². The van der Waals surface area contributed by atoms with Gasteiger partial charge in [-0.1, -0.05) is 23.8 Å². The topological polar surface area (TPSA) is 119 Å². The molecule has 2 aromatic rings. The van der Waals surface area contributed by atoms with E-state index in [9.17, 15) is 23.3 Å². The number of amides is 1. The normalized spacial score (nSPS) is 12.1. The van der Waals surface area contributed by atoms with E-state index in [2.05, 4.69) is 5.32 Å².